The van der Waals surface area contributed by atoms with E-state index in [2.05, 4.69) is 29.8 Å². The first-order valence-corrected chi connectivity index (χ1v) is 5.67. The van der Waals surface area contributed by atoms with Crippen LogP contribution in [0.3, 0.4) is 0 Å². The van der Waals surface area contributed by atoms with Crippen LogP contribution in [0.25, 0.3) is 0 Å². The average molecular weight is 217 g/mol. The Hall–Kier alpha value is -1.40. The van der Waals surface area contributed by atoms with Crippen molar-refractivity contribution in [2.75, 3.05) is 6.54 Å². The van der Waals surface area contributed by atoms with E-state index in [9.17, 15) is 0 Å². The van der Waals surface area contributed by atoms with Gasteiger partial charge in [0.25, 0.3) is 0 Å². The quantitative estimate of drug-likeness (QED) is 0.760. The van der Waals surface area contributed by atoms with Gasteiger partial charge in [-0.25, -0.2) is 0 Å². The summed E-state index contributed by atoms with van der Waals surface area (Å²) in [6.45, 7) is 7.92. The molecule has 1 rings (SSSR count). The van der Waals surface area contributed by atoms with Crippen LogP contribution in [0.1, 0.15) is 31.7 Å². The van der Waals surface area contributed by atoms with E-state index in [0.29, 0.717) is 12.5 Å². The molecule has 0 aromatic carbocycles. The Morgan fingerprint density at radius 1 is 1.44 bits per heavy atom. The maximum atomic E-state index is 8.61. The molecule has 1 aromatic rings. The van der Waals surface area contributed by atoms with Gasteiger partial charge >= 0.3 is 0 Å². The van der Waals surface area contributed by atoms with Crippen LogP contribution in [0, 0.1) is 18.3 Å². The number of rotatable bonds is 5. The third-order valence-electron chi connectivity index (χ3n) is 2.55. The molecule has 0 amide bonds. The molecule has 86 valence electrons. The molecule has 0 saturated carbocycles. The minimum Gasteiger partial charge on any atom is -0.294 e. The monoisotopic (exact) mass is 217 g/mol. The highest BCUT2D eigenvalue weighted by atomic mass is 15.1. The van der Waals surface area contributed by atoms with Crippen molar-refractivity contribution in [2.24, 2.45) is 0 Å². The van der Waals surface area contributed by atoms with Gasteiger partial charge in [-0.1, -0.05) is 6.07 Å². The molecular formula is C13H19N3. The molecule has 0 spiro atoms. The first kappa shape index (κ1) is 12.7. The van der Waals surface area contributed by atoms with Crippen molar-refractivity contribution in [3.8, 4) is 6.07 Å². The lowest BCUT2D eigenvalue weighted by atomic mass is 10.2. The lowest BCUT2D eigenvalue weighted by Crippen LogP contribution is -2.31. The number of hydrogen-bond acceptors (Lipinski definition) is 3. The summed E-state index contributed by atoms with van der Waals surface area (Å²) in [6.07, 6.45) is 0.573. The molecule has 1 aromatic heterocycles. The van der Waals surface area contributed by atoms with E-state index < -0.39 is 0 Å². The van der Waals surface area contributed by atoms with Gasteiger partial charge in [-0.3, -0.25) is 9.88 Å². The molecule has 0 aliphatic carbocycles. The predicted octanol–water partition coefficient (Wildman–Crippen LogP) is 2.51. The summed E-state index contributed by atoms with van der Waals surface area (Å²) in [7, 11) is 0. The van der Waals surface area contributed by atoms with Crippen LogP contribution < -0.4 is 0 Å². The maximum absolute atomic E-state index is 8.61. The second kappa shape index (κ2) is 6.24. The molecule has 3 nitrogen and oxygen atoms in total. The van der Waals surface area contributed by atoms with Crippen molar-refractivity contribution in [1.82, 2.24) is 9.88 Å². The molecule has 0 radical (unpaired) electrons. The lowest BCUT2D eigenvalue weighted by molar-refractivity contribution is 0.215. The number of aryl methyl sites for hydroxylation is 1. The van der Waals surface area contributed by atoms with Crippen LogP contribution in [0.5, 0.6) is 0 Å². The SMILES string of the molecule is Cc1cccc(CN(CCC#N)C(C)C)n1. The van der Waals surface area contributed by atoms with Gasteiger partial charge in [-0.15, -0.1) is 0 Å². The van der Waals surface area contributed by atoms with Crippen LogP contribution >= 0.6 is 0 Å². The molecule has 0 fully saturated rings. The van der Waals surface area contributed by atoms with E-state index in [1.807, 2.05) is 25.1 Å². The van der Waals surface area contributed by atoms with Gasteiger partial charge in [0.1, 0.15) is 0 Å². The number of nitriles is 1. The van der Waals surface area contributed by atoms with Crippen molar-refractivity contribution in [3.05, 3.63) is 29.6 Å². The predicted molar refractivity (Wildman–Crippen MR) is 64.8 cm³/mol. The van der Waals surface area contributed by atoms with Crippen molar-refractivity contribution in [2.45, 2.75) is 39.8 Å². The number of pyridine rings is 1. The van der Waals surface area contributed by atoms with Crippen LogP contribution in [0.4, 0.5) is 0 Å². The topological polar surface area (TPSA) is 39.9 Å². The number of hydrogen-bond donors (Lipinski definition) is 0. The fourth-order valence-electron chi connectivity index (χ4n) is 1.61. The van der Waals surface area contributed by atoms with E-state index >= 15 is 0 Å². The van der Waals surface area contributed by atoms with Gasteiger partial charge in [-0.05, 0) is 32.9 Å². The van der Waals surface area contributed by atoms with Crippen LogP contribution in [-0.2, 0) is 6.54 Å². The van der Waals surface area contributed by atoms with Crippen molar-refractivity contribution in [1.29, 1.82) is 5.26 Å². The Balaban J connectivity index is 2.64. The number of nitrogens with zero attached hydrogens (tertiary/aromatic N) is 3. The third kappa shape index (κ3) is 4.00. The van der Waals surface area contributed by atoms with Crippen LogP contribution in [0.15, 0.2) is 18.2 Å². The van der Waals surface area contributed by atoms with E-state index in [1.54, 1.807) is 0 Å². The van der Waals surface area contributed by atoms with Gasteiger partial charge in [0.2, 0.25) is 0 Å². The highest BCUT2D eigenvalue weighted by Crippen LogP contribution is 2.07. The summed E-state index contributed by atoms with van der Waals surface area (Å²) in [5.74, 6) is 0. The minimum absolute atomic E-state index is 0.440. The van der Waals surface area contributed by atoms with Gasteiger partial charge in [0.05, 0.1) is 11.8 Å². The van der Waals surface area contributed by atoms with Gasteiger partial charge in [-0.2, -0.15) is 5.26 Å². The first-order valence-electron chi connectivity index (χ1n) is 5.67. The number of aromatic nitrogens is 1. The van der Waals surface area contributed by atoms with Crippen molar-refractivity contribution in [3.63, 3.8) is 0 Å². The first-order chi connectivity index (χ1) is 7.63. The molecule has 0 aliphatic rings. The fraction of sp³-hybridized carbons (Fsp3) is 0.538. The van der Waals surface area contributed by atoms with Crippen LogP contribution in [0.2, 0.25) is 0 Å². The zero-order chi connectivity index (χ0) is 12.0. The molecule has 1 heterocycles. The molecule has 0 aliphatic heterocycles. The molecule has 0 saturated heterocycles. The smallest absolute Gasteiger partial charge is 0.0635 e. The standard InChI is InChI=1S/C13H19N3/c1-11(2)16(9-5-8-14)10-13-7-4-6-12(3)15-13/h4,6-7,11H,5,9-10H2,1-3H3. The third-order valence-corrected chi connectivity index (χ3v) is 2.55. The lowest BCUT2D eigenvalue weighted by Gasteiger charge is -2.25. The maximum Gasteiger partial charge on any atom is 0.0635 e. The van der Waals surface area contributed by atoms with E-state index in [0.717, 1.165) is 24.5 Å². The van der Waals surface area contributed by atoms with E-state index in [1.165, 1.54) is 0 Å². The average Bonchev–Trinajstić information content (AvgIpc) is 2.24. The minimum atomic E-state index is 0.440. The van der Waals surface area contributed by atoms with E-state index in [-0.39, 0.29) is 0 Å². The molecule has 0 bridgehead atoms. The molecule has 3 heteroatoms. The highest BCUT2D eigenvalue weighted by molar-refractivity contribution is 5.09. The van der Waals surface area contributed by atoms with Crippen molar-refractivity contribution < 1.29 is 0 Å². The molecule has 16 heavy (non-hydrogen) atoms. The zero-order valence-electron chi connectivity index (χ0n) is 10.3. The van der Waals surface area contributed by atoms with E-state index in [4.69, 9.17) is 5.26 Å². The van der Waals surface area contributed by atoms with Crippen molar-refractivity contribution >= 4 is 0 Å². The summed E-state index contributed by atoms with van der Waals surface area (Å²) in [5, 5.41) is 8.61. The Morgan fingerprint density at radius 2 is 2.19 bits per heavy atom. The largest absolute Gasteiger partial charge is 0.294 e. The van der Waals surface area contributed by atoms with Gasteiger partial charge in [0.15, 0.2) is 0 Å². The van der Waals surface area contributed by atoms with Crippen LogP contribution in [-0.4, -0.2) is 22.5 Å². The zero-order valence-corrected chi connectivity index (χ0v) is 10.3. The Morgan fingerprint density at radius 3 is 2.75 bits per heavy atom. The molecule has 0 N–H and O–H groups in total. The highest BCUT2D eigenvalue weighted by Gasteiger charge is 2.10. The molecule has 0 atom stereocenters. The second-order valence-corrected chi connectivity index (χ2v) is 4.24. The summed E-state index contributed by atoms with van der Waals surface area (Å²) in [6, 6.07) is 8.69. The summed E-state index contributed by atoms with van der Waals surface area (Å²) < 4.78 is 0. The fourth-order valence-corrected chi connectivity index (χ4v) is 1.61. The Bertz CT molecular complexity index is 366. The summed E-state index contributed by atoms with van der Waals surface area (Å²) in [5.41, 5.74) is 2.12. The summed E-state index contributed by atoms with van der Waals surface area (Å²) >= 11 is 0. The second-order valence-electron chi connectivity index (χ2n) is 4.24. The summed E-state index contributed by atoms with van der Waals surface area (Å²) in [4.78, 5) is 6.75. The Kier molecular flexibility index (Phi) is 4.94. The van der Waals surface area contributed by atoms with Gasteiger partial charge < -0.3 is 0 Å². The van der Waals surface area contributed by atoms with Gasteiger partial charge in [0, 0.05) is 31.2 Å². The molecule has 0 unspecified atom stereocenters. The molecular weight excluding hydrogens is 198 g/mol. The Labute approximate surface area is 97.7 Å². The normalized spacial score (nSPS) is 10.8.